The van der Waals surface area contributed by atoms with Crippen LogP contribution in [0.1, 0.15) is 16.8 Å². The zero-order valence-electron chi connectivity index (χ0n) is 21.7. The lowest BCUT2D eigenvalue weighted by atomic mass is 9.85. The second-order valence-electron chi connectivity index (χ2n) is 9.83. The van der Waals surface area contributed by atoms with E-state index >= 15 is 0 Å². The highest BCUT2D eigenvalue weighted by Crippen LogP contribution is 2.47. The number of aryl methyl sites for hydroxylation is 1. The molecule has 1 atom stereocenters. The lowest BCUT2D eigenvalue weighted by molar-refractivity contribution is 0.746. The summed E-state index contributed by atoms with van der Waals surface area (Å²) >= 11 is 20.5. The third-order valence-corrected chi connectivity index (χ3v) is 8.54. The number of rotatable bonds is 5. The van der Waals surface area contributed by atoms with Crippen LogP contribution in [0.4, 0.5) is 0 Å². The van der Waals surface area contributed by atoms with Gasteiger partial charge < -0.3 is 4.57 Å². The zero-order valence-corrected chi connectivity index (χ0v) is 24.0. The number of fused-ring (bicyclic) bond motifs is 3. The molecular weight excluding hydrogens is 575 g/mol. The van der Waals surface area contributed by atoms with Gasteiger partial charge in [0.05, 0.1) is 23.7 Å². The minimum Gasteiger partial charge on any atom is -0.336 e. The highest BCUT2D eigenvalue weighted by Gasteiger charge is 2.37. The maximum atomic E-state index is 7.72. The second kappa shape index (κ2) is 10.00. The van der Waals surface area contributed by atoms with E-state index in [2.05, 4.69) is 38.7 Å². The number of alkyl halides is 1. The first-order valence-corrected chi connectivity index (χ1v) is 14.0. The average molecular weight is 596 g/mol. The first-order chi connectivity index (χ1) is 19.9. The molecule has 0 saturated heterocycles. The van der Waals surface area contributed by atoms with Crippen molar-refractivity contribution in [2.75, 3.05) is 0 Å². The molecule has 0 amide bonds. The van der Waals surface area contributed by atoms with Gasteiger partial charge in [0, 0.05) is 33.6 Å². The molecule has 0 aliphatic rings. The summed E-state index contributed by atoms with van der Waals surface area (Å²) in [5.41, 5.74) is 7.79. The predicted molar refractivity (Wildman–Crippen MR) is 165 cm³/mol. The maximum Gasteiger partial charge on any atom is 0.188 e. The van der Waals surface area contributed by atoms with Crippen molar-refractivity contribution >= 4 is 51.4 Å². The van der Waals surface area contributed by atoms with Crippen LogP contribution in [-0.2, 0) is 11.9 Å². The molecule has 0 radical (unpaired) electrons. The van der Waals surface area contributed by atoms with E-state index < -0.39 is 4.87 Å². The van der Waals surface area contributed by atoms with Crippen molar-refractivity contribution in [1.29, 1.82) is 0 Å². The van der Waals surface area contributed by atoms with Crippen molar-refractivity contribution in [2.45, 2.75) is 4.87 Å². The summed E-state index contributed by atoms with van der Waals surface area (Å²) in [6.45, 7) is 0. The van der Waals surface area contributed by atoms with Crippen LogP contribution in [0.5, 0.6) is 0 Å². The van der Waals surface area contributed by atoms with Gasteiger partial charge in [0.15, 0.2) is 5.65 Å². The molecule has 7 rings (SSSR count). The molecule has 4 aromatic carbocycles. The quantitative estimate of drug-likeness (QED) is 0.188. The molecule has 0 fully saturated rings. The van der Waals surface area contributed by atoms with E-state index in [1.54, 1.807) is 17.0 Å². The van der Waals surface area contributed by atoms with Gasteiger partial charge in [-0.3, -0.25) is 0 Å². The molecule has 0 spiro atoms. The molecule has 0 aliphatic carbocycles. The Hall–Kier alpha value is -4.23. The van der Waals surface area contributed by atoms with Gasteiger partial charge in [-0.25, -0.2) is 4.98 Å². The van der Waals surface area contributed by atoms with Crippen molar-refractivity contribution in [3.8, 4) is 22.3 Å². The predicted octanol–water partition coefficient (Wildman–Crippen LogP) is 8.18. The first-order valence-electron chi connectivity index (χ1n) is 12.9. The van der Waals surface area contributed by atoms with Crippen molar-refractivity contribution in [1.82, 2.24) is 29.6 Å². The molecule has 0 N–H and O–H groups in total. The Morgan fingerprint density at radius 1 is 0.732 bits per heavy atom. The third kappa shape index (κ3) is 4.18. The summed E-state index contributed by atoms with van der Waals surface area (Å²) in [6.07, 6.45) is 3.54. The van der Waals surface area contributed by atoms with Gasteiger partial charge in [-0.05, 0) is 69.1 Å². The van der Waals surface area contributed by atoms with Crippen LogP contribution in [0, 0.1) is 0 Å². The highest BCUT2D eigenvalue weighted by molar-refractivity contribution is 6.31. The number of benzene rings is 4. The van der Waals surface area contributed by atoms with Gasteiger partial charge in [-0.2, -0.15) is 4.52 Å². The van der Waals surface area contributed by atoms with Crippen LogP contribution in [0.25, 0.3) is 38.8 Å². The lowest BCUT2D eigenvalue weighted by Gasteiger charge is -2.29. The fourth-order valence-corrected chi connectivity index (χ4v) is 6.28. The van der Waals surface area contributed by atoms with E-state index in [4.69, 9.17) is 34.8 Å². The number of pyridine rings is 1. The minimum absolute atomic E-state index is 0.632. The Kier molecular flexibility index (Phi) is 6.27. The topological polar surface area (TPSA) is 60.9 Å². The largest absolute Gasteiger partial charge is 0.336 e. The number of tetrazole rings is 1. The molecule has 0 aliphatic heterocycles. The van der Waals surface area contributed by atoms with Gasteiger partial charge in [0.2, 0.25) is 0 Å². The molecule has 1 unspecified atom stereocenters. The van der Waals surface area contributed by atoms with Crippen molar-refractivity contribution < 1.29 is 0 Å². The molecule has 7 aromatic rings. The van der Waals surface area contributed by atoms with Gasteiger partial charge >= 0.3 is 0 Å². The van der Waals surface area contributed by atoms with E-state index in [1.165, 1.54) is 0 Å². The van der Waals surface area contributed by atoms with Crippen molar-refractivity contribution in [3.63, 3.8) is 0 Å². The lowest BCUT2D eigenvalue weighted by Crippen LogP contribution is -2.25. The van der Waals surface area contributed by atoms with Crippen LogP contribution in [0.2, 0.25) is 10.0 Å². The fourth-order valence-electron chi connectivity index (χ4n) is 5.54. The minimum atomic E-state index is -1.07. The van der Waals surface area contributed by atoms with Crippen molar-refractivity contribution in [2.24, 2.45) is 7.05 Å². The monoisotopic (exact) mass is 594 g/mol. The molecule has 41 heavy (non-hydrogen) atoms. The molecular formula is C32H21Cl3N6. The van der Waals surface area contributed by atoms with Crippen LogP contribution in [0.3, 0.4) is 0 Å². The summed E-state index contributed by atoms with van der Waals surface area (Å²) in [7, 11) is 1.94. The third-order valence-electron chi connectivity index (χ3n) is 7.42. The van der Waals surface area contributed by atoms with Gasteiger partial charge in [0.25, 0.3) is 0 Å². The molecule has 9 heteroatoms. The SMILES string of the molecule is Cn1cncc1C(Cl)(c1ccc(Cl)cc1)c1ccc2c(c1)c(-c1cccc(Cl)c1)c(-c1ccccc1)c1nnnn12. The van der Waals surface area contributed by atoms with Crippen LogP contribution in [0.15, 0.2) is 110 Å². The highest BCUT2D eigenvalue weighted by atomic mass is 35.5. The summed E-state index contributed by atoms with van der Waals surface area (Å²) < 4.78 is 3.71. The number of halogens is 3. The van der Waals surface area contributed by atoms with Crippen molar-refractivity contribution in [3.05, 3.63) is 136 Å². The number of hydrogen-bond donors (Lipinski definition) is 0. The Bertz CT molecular complexity index is 2050. The van der Waals surface area contributed by atoms with E-state index in [0.29, 0.717) is 15.7 Å². The van der Waals surface area contributed by atoms with Gasteiger partial charge in [0.1, 0.15) is 4.87 Å². The summed E-state index contributed by atoms with van der Waals surface area (Å²) in [5, 5.41) is 15.1. The van der Waals surface area contributed by atoms with E-state index in [9.17, 15) is 0 Å². The number of nitrogens with zero attached hydrogens (tertiary/aromatic N) is 6. The molecule has 3 heterocycles. The molecule has 6 nitrogen and oxygen atoms in total. The molecule has 3 aromatic heterocycles. The van der Waals surface area contributed by atoms with E-state index in [1.807, 2.05) is 90.5 Å². The Morgan fingerprint density at radius 2 is 1.49 bits per heavy atom. The first kappa shape index (κ1) is 25.7. The Morgan fingerprint density at radius 3 is 2.22 bits per heavy atom. The van der Waals surface area contributed by atoms with Crippen LogP contribution < -0.4 is 0 Å². The molecule has 0 saturated carbocycles. The maximum absolute atomic E-state index is 7.72. The van der Waals surface area contributed by atoms with Gasteiger partial charge in [-0.15, -0.1) is 16.7 Å². The number of hydrogen-bond acceptors (Lipinski definition) is 4. The van der Waals surface area contributed by atoms with E-state index in [0.717, 1.165) is 50.0 Å². The summed E-state index contributed by atoms with van der Waals surface area (Å²) in [5.74, 6) is 0. The van der Waals surface area contributed by atoms with Crippen LogP contribution >= 0.6 is 34.8 Å². The van der Waals surface area contributed by atoms with E-state index in [-0.39, 0.29) is 0 Å². The standard InChI is InChI=1S/C32H21Cl3N6/c1-40-19-36-18-28(40)32(35,22-10-13-24(33)14-11-22)23-12-15-27-26(17-23)29(21-8-5-9-25(34)16-21)30(20-6-3-2-4-7-20)31-37-38-39-41(27)31/h2-19H,1H3. The second-order valence-corrected chi connectivity index (χ2v) is 11.3. The summed E-state index contributed by atoms with van der Waals surface area (Å²) in [4.78, 5) is 3.32. The van der Waals surface area contributed by atoms with Crippen LogP contribution in [-0.4, -0.2) is 29.6 Å². The fraction of sp³-hybridized carbons (Fsp3) is 0.0625. The zero-order chi connectivity index (χ0) is 28.1. The van der Waals surface area contributed by atoms with Gasteiger partial charge in [-0.1, -0.05) is 83.9 Å². The molecule has 0 bridgehead atoms. The smallest absolute Gasteiger partial charge is 0.188 e. The number of imidazole rings is 1. The number of aromatic nitrogens is 6. The molecule has 200 valence electrons. The Balaban J connectivity index is 1.62. The summed E-state index contributed by atoms with van der Waals surface area (Å²) in [6, 6.07) is 31.7. The Labute approximate surface area is 250 Å². The average Bonchev–Trinajstić information content (AvgIpc) is 3.66. The normalized spacial score (nSPS) is 13.1.